The molecule has 1 aliphatic heterocycles. The number of rotatable bonds is 4. The molecule has 3 nitrogen and oxygen atoms in total. The van der Waals surface area contributed by atoms with Gasteiger partial charge < -0.3 is 15.2 Å². The second-order valence-electron chi connectivity index (χ2n) is 5.50. The van der Waals surface area contributed by atoms with Crippen LogP contribution in [0.5, 0.6) is 11.5 Å². The fourth-order valence-electron chi connectivity index (χ4n) is 2.77. The van der Waals surface area contributed by atoms with Crippen molar-refractivity contribution in [3.8, 4) is 11.5 Å². The van der Waals surface area contributed by atoms with E-state index in [1.807, 2.05) is 42.5 Å². The molecule has 0 radical (unpaired) electrons. The molecular formula is C18H22ClNO2. The van der Waals surface area contributed by atoms with E-state index in [9.17, 15) is 5.11 Å². The lowest BCUT2D eigenvalue weighted by Gasteiger charge is -2.24. The minimum Gasteiger partial charge on any atom is -0.507 e. The Balaban J connectivity index is 0.00000176. The maximum absolute atomic E-state index is 10.2. The number of aromatic hydroxyl groups is 1. The standard InChI is InChI=1S/C18H21NO2.ClH/c20-18-12-15(21-13-14-6-2-1-3-7-14)9-10-16(18)17-8-4-5-11-19-17;/h1-3,6-7,9-10,12,17,19-20H,4-5,8,11,13H2;1H/t17-;/m1./s1. The Labute approximate surface area is 137 Å². The van der Waals surface area contributed by atoms with Crippen molar-refractivity contribution < 1.29 is 9.84 Å². The van der Waals surface area contributed by atoms with Crippen LogP contribution >= 0.6 is 12.4 Å². The normalized spacial score (nSPS) is 17.5. The Bertz CT molecular complexity index is 583. The maximum Gasteiger partial charge on any atom is 0.124 e. The molecule has 4 heteroatoms. The van der Waals surface area contributed by atoms with Gasteiger partial charge in [0.15, 0.2) is 0 Å². The Morgan fingerprint density at radius 3 is 2.59 bits per heavy atom. The first-order valence-electron chi connectivity index (χ1n) is 7.56. The molecule has 2 aromatic rings. The first-order chi connectivity index (χ1) is 10.3. The SMILES string of the molecule is Cl.Oc1cc(OCc2ccccc2)ccc1[C@H]1CCCCN1. The number of halogens is 1. The van der Waals surface area contributed by atoms with E-state index in [-0.39, 0.29) is 18.4 Å². The highest BCUT2D eigenvalue weighted by Crippen LogP contribution is 2.32. The van der Waals surface area contributed by atoms with E-state index < -0.39 is 0 Å². The van der Waals surface area contributed by atoms with E-state index in [1.165, 1.54) is 12.8 Å². The zero-order chi connectivity index (χ0) is 14.5. The van der Waals surface area contributed by atoms with E-state index in [1.54, 1.807) is 6.07 Å². The molecule has 0 unspecified atom stereocenters. The Morgan fingerprint density at radius 2 is 1.91 bits per heavy atom. The van der Waals surface area contributed by atoms with Crippen LogP contribution in [0.25, 0.3) is 0 Å². The van der Waals surface area contributed by atoms with Crippen LogP contribution in [0.3, 0.4) is 0 Å². The van der Waals surface area contributed by atoms with Gasteiger partial charge in [-0.05, 0) is 31.0 Å². The molecule has 1 fully saturated rings. The third-order valence-corrected chi connectivity index (χ3v) is 3.94. The summed E-state index contributed by atoms with van der Waals surface area (Å²) in [5.41, 5.74) is 2.09. The second kappa shape index (κ2) is 8.06. The third-order valence-electron chi connectivity index (χ3n) is 3.94. The van der Waals surface area contributed by atoms with Gasteiger partial charge in [-0.15, -0.1) is 12.4 Å². The van der Waals surface area contributed by atoms with Gasteiger partial charge in [-0.25, -0.2) is 0 Å². The number of hydrogen-bond donors (Lipinski definition) is 2. The van der Waals surface area contributed by atoms with Crippen molar-refractivity contribution in [2.75, 3.05) is 6.54 Å². The molecule has 0 spiro atoms. The number of nitrogens with one attached hydrogen (secondary N) is 1. The lowest BCUT2D eigenvalue weighted by molar-refractivity contribution is 0.303. The first kappa shape index (κ1) is 16.7. The summed E-state index contributed by atoms with van der Waals surface area (Å²) in [5.74, 6) is 1.02. The summed E-state index contributed by atoms with van der Waals surface area (Å²) < 4.78 is 5.73. The maximum atomic E-state index is 10.2. The molecule has 0 amide bonds. The van der Waals surface area contributed by atoms with E-state index in [4.69, 9.17) is 4.74 Å². The number of phenolic OH excluding ortho intramolecular Hbond substituents is 1. The minimum absolute atomic E-state index is 0. The minimum atomic E-state index is 0. The topological polar surface area (TPSA) is 41.5 Å². The second-order valence-corrected chi connectivity index (χ2v) is 5.50. The number of phenols is 1. The molecule has 22 heavy (non-hydrogen) atoms. The van der Waals surface area contributed by atoms with Gasteiger partial charge in [0.05, 0.1) is 0 Å². The van der Waals surface area contributed by atoms with Crippen LogP contribution in [0.1, 0.15) is 36.4 Å². The lowest BCUT2D eigenvalue weighted by atomic mass is 9.97. The summed E-state index contributed by atoms with van der Waals surface area (Å²) >= 11 is 0. The Kier molecular flexibility index (Phi) is 6.10. The highest BCUT2D eigenvalue weighted by Gasteiger charge is 2.18. The highest BCUT2D eigenvalue weighted by atomic mass is 35.5. The monoisotopic (exact) mass is 319 g/mol. The van der Waals surface area contributed by atoms with Crippen LogP contribution < -0.4 is 10.1 Å². The van der Waals surface area contributed by atoms with Gasteiger partial charge >= 0.3 is 0 Å². The van der Waals surface area contributed by atoms with Crippen LogP contribution in [0, 0.1) is 0 Å². The first-order valence-corrected chi connectivity index (χ1v) is 7.56. The predicted molar refractivity (Wildman–Crippen MR) is 90.7 cm³/mol. The average Bonchev–Trinajstić information content (AvgIpc) is 2.55. The molecule has 1 atom stereocenters. The fourth-order valence-corrected chi connectivity index (χ4v) is 2.77. The molecule has 0 aliphatic carbocycles. The molecule has 2 aromatic carbocycles. The quantitative estimate of drug-likeness (QED) is 0.887. The predicted octanol–water partition coefficient (Wildman–Crippen LogP) is 4.21. The average molecular weight is 320 g/mol. The summed E-state index contributed by atoms with van der Waals surface area (Å²) in [6, 6.07) is 15.9. The lowest BCUT2D eigenvalue weighted by Crippen LogP contribution is -2.26. The highest BCUT2D eigenvalue weighted by molar-refractivity contribution is 5.85. The van der Waals surface area contributed by atoms with Gasteiger partial charge in [0.1, 0.15) is 18.1 Å². The van der Waals surface area contributed by atoms with E-state index >= 15 is 0 Å². The summed E-state index contributed by atoms with van der Waals surface area (Å²) in [5, 5.41) is 13.7. The molecule has 0 aromatic heterocycles. The van der Waals surface area contributed by atoms with Crippen LogP contribution in [-0.2, 0) is 6.61 Å². The summed E-state index contributed by atoms with van der Waals surface area (Å²) in [7, 11) is 0. The van der Waals surface area contributed by atoms with Crippen molar-refractivity contribution >= 4 is 12.4 Å². The van der Waals surface area contributed by atoms with Crippen molar-refractivity contribution in [1.82, 2.24) is 5.32 Å². The fraction of sp³-hybridized carbons (Fsp3) is 0.333. The summed E-state index contributed by atoms with van der Waals surface area (Å²) in [6.45, 7) is 1.54. The third kappa shape index (κ3) is 4.15. The zero-order valence-electron chi connectivity index (χ0n) is 12.5. The van der Waals surface area contributed by atoms with Gasteiger partial charge in [0.25, 0.3) is 0 Å². The molecule has 1 saturated heterocycles. The Hall–Kier alpha value is -1.71. The van der Waals surface area contributed by atoms with Crippen LogP contribution in [0.4, 0.5) is 0 Å². The number of ether oxygens (including phenoxy) is 1. The summed E-state index contributed by atoms with van der Waals surface area (Å²) in [6.07, 6.45) is 3.51. The number of benzene rings is 2. The molecular weight excluding hydrogens is 298 g/mol. The molecule has 1 aliphatic rings. The molecule has 118 valence electrons. The van der Waals surface area contributed by atoms with E-state index in [0.29, 0.717) is 18.1 Å². The van der Waals surface area contributed by atoms with Crippen molar-refractivity contribution in [2.45, 2.75) is 31.9 Å². The van der Waals surface area contributed by atoms with Crippen molar-refractivity contribution in [2.24, 2.45) is 0 Å². The number of piperidine rings is 1. The van der Waals surface area contributed by atoms with Crippen LogP contribution in [0.15, 0.2) is 48.5 Å². The van der Waals surface area contributed by atoms with Crippen LogP contribution in [-0.4, -0.2) is 11.7 Å². The van der Waals surface area contributed by atoms with Crippen molar-refractivity contribution in [1.29, 1.82) is 0 Å². The molecule has 1 heterocycles. The van der Waals surface area contributed by atoms with Gasteiger partial charge in [0.2, 0.25) is 0 Å². The van der Waals surface area contributed by atoms with Gasteiger partial charge in [0, 0.05) is 17.7 Å². The van der Waals surface area contributed by atoms with Gasteiger partial charge in [-0.3, -0.25) is 0 Å². The van der Waals surface area contributed by atoms with Crippen molar-refractivity contribution in [3.63, 3.8) is 0 Å². The number of hydrogen-bond acceptors (Lipinski definition) is 3. The zero-order valence-corrected chi connectivity index (χ0v) is 13.3. The molecule has 2 N–H and O–H groups in total. The molecule has 0 bridgehead atoms. The largest absolute Gasteiger partial charge is 0.507 e. The smallest absolute Gasteiger partial charge is 0.124 e. The van der Waals surface area contributed by atoms with Gasteiger partial charge in [-0.1, -0.05) is 42.8 Å². The van der Waals surface area contributed by atoms with Gasteiger partial charge in [-0.2, -0.15) is 0 Å². The van der Waals surface area contributed by atoms with Crippen molar-refractivity contribution in [3.05, 3.63) is 59.7 Å². The van der Waals surface area contributed by atoms with E-state index in [2.05, 4.69) is 5.32 Å². The summed E-state index contributed by atoms with van der Waals surface area (Å²) in [4.78, 5) is 0. The Morgan fingerprint density at radius 1 is 1.09 bits per heavy atom. The van der Waals surface area contributed by atoms with Crippen LogP contribution in [0.2, 0.25) is 0 Å². The molecule has 3 rings (SSSR count). The molecule has 0 saturated carbocycles. The van der Waals surface area contributed by atoms with E-state index in [0.717, 1.165) is 24.1 Å².